The number of hydrogen-bond donors (Lipinski definition) is 1. The summed E-state index contributed by atoms with van der Waals surface area (Å²) in [6.45, 7) is 0. The number of halogens is 2. The summed E-state index contributed by atoms with van der Waals surface area (Å²) in [6.07, 6.45) is 3.75. The summed E-state index contributed by atoms with van der Waals surface area (Å²) in [6, 6.07) is 8.89. The highest BCUT2D eigenvalue weighted by molar-refractivity contribution is 8.18. The van der Waals surface area contributed by atoms with E-state index in [1.54, 1.807) is 18.2 Å². The van der Waals surface area contributed by atoms with Gasteiger partial charge >= 0.3 is 0 Å². The zero-order chi connectivity index (χ0) is 15.7. The Balaban J connectivity index is 1.87. The van der Waals surface area contributed by atoms with Crippen LogP contribution < -0.4 is 5.32 Å². The second-order valence-corrected chi connectivity index (χ2v) is 6.50. The quantitative estimate of drug-likeness (QED) is 0.823. The topological polar surface area (TPSA) is 46.4 Å². The third kappa shape index (κ3) is 3.21. The summed E-state index contributed by atoms with van der Waals surface area (Å²) in [7, 11) is 1.92. The van der Waals surface area contributed by atoms with Crippen molar-refractivity contribution in [3.05, 3.63) is 57.2 Å². The van der Waals surface area contributed by atoms with E-state index in [1.165, 1.54) is 11.8 Å². The number of nitrogens with zero attached hydrogens (tertiary/aromatic N) is 2. The minimum absolute atomic E-state index is 0.171. The van der Waals surface area contributed by atoms with Gasteiger partial charge in [0, 0.05) is 24.0 Å². The molecule has 1 saturated heterocycles. The van der Waals surface area contributed by atoms with Gasteiger partial charge in [0.15, 0.2) is 5.17 Å². The molecular weight excluding hydrogens is 341 g/mol. The lowest BCUT2D eigenvalue weighted by atomic mass is 10.3. The molecule has 1 aliphatic rings. The van der Waals surface area contributed by atoms with Crippen molar-refractivity contribution in [2.75, 3.05) is 0 Å². The number of aliphatic imine (C=N–C) groups is 1. The first-order chi connectivity index (χ1) is 10.5. The smallest absolute Gasteiger partial charge is 0.264 e. The molecule has 0 bridgehead atoms. The standard InChI is InChI=1S/C15H11Cl2N3OS/c1-20-6-2-3-10(20)8-13-14(21)19-15(22-13)18-12-5-4-9(16)7-11(12)17/h2-8H,1H3,(H,18,19,21). The van der Waals surface area contributed by atoms with E-state index in [0.717, 1.165) is 5.69 Å². The number of thioether (sulfide) groups is 1. The Morgan fingerprint density at radius 2 is 2.14 bits per heavy atom. The molecule has 1 aromatic carbocycles. The lowest BCUT2D eigenvalue weighted by molar-refractivity contribution is -0.115. The van der Waals surface area contributed by atoms with Gasteiger partial charge in [-0.15, -0.1) is 0 Å². The van der Waals surface area contributed by atoms with Gasteiger partial charge in [-0.1, -0.05) is 23.2 Å². The lowest BCUT2D eigenvalue weighted by Gasteiger charge is -2.00. The molecule has 0 spiro atoms. The van der Waals surface area contributed by atoms with Crippen LogP contribution in [0, 0.1) is 0 Å². The Hall–Kier alpha value is -1.69. The average molecular weight is 352 g/mol. The van der Waals surface area contributed by atoms with Gasteiger partial charge in [0.05, 0.1) is 15.6 Å². The lowest BCUT2D eigenvalue weighted by Crippen LogP contribution is -2.19. The molecule has 2 heterocycles. The maximum atomic E-state index is 12.0. The molecule has 1 aliphatic heterocycles. The van der Waals surface area contributed by atoms with Crippen molar-refractivity contribution in [1.82, 2.24) is 9.88 Å². The summed E-state index contributed by atoms with van der Waals surface area (Å²) < 4.78 is 1.94. The largest absolute Gasteiger partial charge is 0.351 e. The van der Waals surface area contributed by atoms with Gasteiger partial charge in [0.1, 0.15) is 0 Å². The minimum Gasteiger partial charge on any atom is -0.351 e. The molecule has 1 amide bonds. The molecule has 112 valence electrons. The molecule has 22 heavy (non-hydrogen) atoms. The van der Waals surface area contributed by atoms with Gasteiger partial charge < -0.3 is 9.88 Å². The van der Waals surface area contributed by atoms with Crippen molar-refractivity contribution in [3.63, 3.8) is 0 Å². The van der Waals surface area contributed by atoms with Crippen LogP contribution in [0.5, 0.6) is 0 Å². The molecule has 4 nitrogen and oxygen atoms in total. The number of amides is 1. The third-order valence-corrected chi connectivity index (χ3v) is 4.49. The van der Waals surface area contributed by atoms with Crippen molar-refractivity contribution in [3.8, 4) is 0 Å². The molecular formula is C15H11Cl2N3OS. The first-order valence-electron chi connectivity index (χ1n) is 6.39. The van der Waals surface area contributed by atoms with Gasteiger partial charge in [0.25, 0.3) is 5.91 Å². The second kappa shape index (κ2) is 6.20. The number of carbonyl (C=O) groups is 1. The van der Waals surface area contributed by atoms with Gasteiger partial charge in [-0.3, -0.25) is 4.79 Å². The van der Waals surface area contributed by atoms with E-state index >= 15 is 0 Å². The summed E-state index contributed by atoms with van der Waals surface area (Å²) in [4.78, 5) is 17.0. The third-order valence-electron chi connectivity index (χ3n) is 3.05. The molecule has 0 aliphatic carbocycles. The van der Waals surface area contributed by atoms with Crippen LogP contribution in [0.25, 0.3) is 6.08 Å². The van der Waals surface area contributed by atoms with E-state index in [2.05, 4.69) is 10.3 Å². The second-order valence-electron chi connectivity index (χ2n) is 4.62. The molecule has 3 rings (SSSR count). The Kier molecular flexibility index (Phi) is 4.29. The van der Waals surface area contributed by atoms with Crippen LogP contribution in [-0.2, 0) is 11.8 Å². The zero-order valence-corrected chi connectivity index (χ0v) is 13.8. The average Bonchev–Trinajstić information content (AvgIpc) is 3.01. The number of benzene rings is 1. The SMILES string of the molecule is Cn1cccc1C=C1SC(=Nc2ccc(Cl)cc2Cl)NC1=O. The summed E-state index contributed by atoms with van der Waals surface area (Å²) in [5.41, 5.74) is 1.51. The number of nitrogens with one attached hydrogen (secondary N) is 1. The fourth-order valence-corrected chi connectivity index (χ4v) is 3.19. The number of rotatable bonds is 2. The highest BCUT2D eigenvalue weighted by Gasteiger charge is 2.24. The van der Waals surface area contributed by atoms with E-state index < -0.39 is 0 Å². The van der Waals surface area contributed by atoms with E-state index in [0.29, 0.717) is 25.8 Å². The Bertz CT molecular complexity index is 811. The van der Waals surface area contributed by atoms with E-state index in [1.807, 2.05) is 36.0 Å². The monoisotopic (exact) mass is 351 g/mol. The van der Waals surface area contributed by atoms with Crippen LogP contribution in [0.4, 0.5) is 5.69 Å². The summed E-state index contributed by atoms with van der Waals surface area (Å²) in [5.74, 6) is -0.171. The Morgan fingerprint density at radius 3 is 2.82 bits per heavy atom. The van der Waals surface area contributed by atoms with Crippen LogP contribution in [0.3, 0.4) is 0 Å². The number of carbonyl (C=O) groups excluding carboxylic acids is 1. The molecule has 1 aromatic heterocycles. The molecule has 0 unspecified atom stereocenters. The predicted molar refractivity (Wildman–Crippen MR) is 92.7 cm³/mol. The first-order valence-corrected chi connectivity index (χ1v) is 7.96. The number of aromatic nitrogens is 1. The van der Waals surface area contributed by atoms with Crippen LogP contribution in [0.15, 0.2) is 46.4 Å². The van der Waals surface area contributed by atoms with Crippen molar-refractivity contribution >= 4 is 57.8 Å². The number of amidine groups is 1. The predicted octanol–water partition coefficient (Wildman–Crippen LogP) is 4.22. The molecule has 0 atom stereocenters. The maximum Gasteiger partial charge on any atom is 0.264 e. The van der Waals surface area contributed by atoms with Gasteiger partial charge in [-0.2, -0.15) is 0 Å². The fraction of sp³-hybridized carbons (Fsp3) is 0.0667. The van der Waals surface area contributed by atoms with Crippen molar-refractivity contribution < 1.29 is 4.79 Å². The molecule has 0 radical (unpaired) electrons. The number of aryl methyl sites for hydroxylation is 1. The molecule has 2 aromatic rings. The van der Waals surface area contributed by atoms with Crippen molar-refractivity contribution in [2.24, 2.45) is 12.0 Å². The normalized spacial score (nSPS) is 18.2. The van der Waals surface area contributed by atoms with E-state index in [-0.39, 0.29) is 5.91 Å². The van der Waals surface area contributed by atoms with Crippen LogP contribution in [0.1, 0.15) is 5.69 Å². The Labute approximate surface area is 141 Å². The molecule has 0 saturated carbocycles. The summed E-state index contributed by atoms with van der Waals surface area (Å²) >= 11 is 13.2. The van der Waals surface area contributed by atoms with Crippen LogP contribution in [-0.4, -0.2) is 15.6 Å². The van der Waals surface area contributed by atoms with Gasteiger partial charge in [-0.05, 0) is 48.2 Å². The highest BCUT2D eigenvalue weighted by Crippen LogP contribution is 2.32. The van der Waals surface area contributed by atoms with E-state index in [4.69, 9.17) is 23.2 Å². The summed E-state index contributed by atoms with van der Waals surface area (Å²) in [5, 5.41) is 4.21. The number of hydrogen-bond acceptors (Lipinski definition) is 3. The molecule has 1 fully saturated rings. The van der Waals surface area contributed by atoms with Gasteiger partial charge in [-0.25, -0.2) is 4.99 Å². The fourth-order valence-electron chi connectivity index (χ4n) is 1.92. The molecule has 1 N–H and O–H groups in total. The first kappa shape index (κ1) is 15.2. The maximum absolute atomic E-state index is 12.0. The molecule has 7 heteroatoms. The minimum atomic E-state index is -0.171. The Morgan fingerprint density at radius 1 is 1.32 bits per heavy atom. The zero-order valence-electron chi connectivity index (χ0n) is 11.5. The van der Waals surface area contributed by atoms with Crippen molar-refractivity contribution in [2.45, 2.75) is 0 Å². The highest BCUT2D eigenvalue weighted by atomic mass is 35.5. The van der Waals surface area contributed by atoms with Crippen LogP contribution in [0.2, 0.25) is 10.0 Å². The van der Waals surface area contributed by atoms with Gasteiger partial charge in [0.2, 0.25) is 0 Å². The van der Waals surface area contributed by atoms with Crippen LogP contribution >= 0.6 is 35.0 Å². The van der Waals surface area contributed by atoms with Crippen molar-refractivity contribution in [1.29, 1.82) is 0 Å². The van der Waals surface area contributed by atoms with E-state index in [9.17, 15) is 4.79 Å².